The topological polar surface area (TPSA) is 67.3 Å². The monoisotopic (exact) mass is 340 g/mol. The number of aromatic nitrogens is 2. The molecule has 1 saturated heterocycles. The highest BCUT2D eigenvalue weighted by Gasteiger charge is 2.23. The lowest BCUT2D eigenvalue weighted by Crippen LogP contribution is -2.37. The number of rotatable bonds is 7. The number of carbonyl (C=O) groups is 1. The number of hydrogen-bond acceptors (Lipinski definition) is 5. The second kappa shape index (κ2) is 8.58. The van der Waals surface area contributed by atoms with Gasteiger partial charge in [0.1, 0.15) is 0 Å². The van der Waals surface area contributed by atoms with Gasteiger partial charge in [0.15, 0.2) is 0 Å². The standard InChI is InChI=1S/C19H24N4O2/c1-2-25-19-6-5-16(12-21-19)13-23-9-7-17(14-23)22-18(24)10-15-4-3-8-20-11-15/h3-6,8,11-12,17H,2,7,9-10,13-14H2,1H3,(H,22,24). The van der Waals surface area contributed by atoms with Gasteiger partial charge in [-0.15, -0.1) is 0 Å². The minimum atomic E-state index is 0.0579. The number of pyridine rings is 2. The Labute approximate surface area is 148 Å². The van der Waals surface area contributed by atoms with Gasteiger partial charge in [0.25, 0.3) is 0 Å². The van der Waals surface area contributed by atoms with E-state index in [1.165, 1.54) is 0 Å². The first-order valence-electron chi connectivity index (χ1n) is 8.71. The Balaban J connectivity index is 1.44. The Morgan fingerprint density at radius 3 is 2.96 bits per heavy atom. The van der Waals surface area contributed by atoms with Crippen molar-refractivity contribution in [2.45, 2.75) is 32.4 Å². The van der Waals surface area contributed by atoms with Crippen LogP contribution in [0.15, 0.2) is 42.9 Å². The predicted octanol–water partition coefficient (Wildman–Crippen LogP) is 1.81. The Kier molecular flexibility index (Phi) is 5.95. The Bertz CT molecular complexity index is 676. The lowest BCUT2D eigenvalue weighted by atomic mass is 10.2. The maximum atomic E-state index is 12.2. The fourth-order valence-electron chi connectivity index (χ4n) is 3.06. The van der Waals surface area contributed by atoms with E-state index in [1.807, 2.05) is 37.4 Å². The number of ether oxygens (including phenoxy) is 1. The molecule has 132 valence electrons. The zero-order valence-electron chi connectivity index (χ0n) is 14.5. The molecule has 0 aliphatic carbocycles. The van der Waals surface area contributed by atoms with Crippen LogP contribution in [0.1, 0.15) is 24.5 Å². The van der Waals surface area contributed by atoms with Crippen LogP contribution in [-0.2, 0) is 17.8 Å². The summed E-state index contributed by atoms with van der Waals surface area (Å²) in [7, 11) is 0. The molecule has 0 spiro atoms. The van der Waals surface area contributed by atoms with Crippen molar-refractivity contribution in [3.8, 4) is 5.88 Å². The van der Waals surface area contributed by atoms with Crippen molar-refractivity contribution in [2.75, 3.05) is 19.7 Å². The molecule has 0 saturated carbocycles. The first-order chi connectivity index (χ1) is 12.2. The smallest absolute Gasteiger partial charge is 0.224 e. The molecule has 1 amide bonds. The normalized spacial score (nSPS) is 17.4. The molecule has 2 aromatic rings. The second-order valence-corrected chi connectivity index (χ2v) is 6.26. The lowest BCUT2D eigenvalue weighted by molar-refractivity contribution is -0.121. The van der Waals surface area contributed by atoms with E-state index in [0.29, 0.717) is 18.9 Å². The largest absolute Gasteiger partial charge is 0.478 e. The zero-order valence-corrected chi connectivity index (χ0v) is 14.5. The van der Waals surface area contributed by atoms with E-state index >= 15 is 0 Å². The fraction of sp³-hybridized carbons (Fsp3) is 0.421. The van der Waals surface area contributed by atoms with Gasteiger partial charge in [0.05, 0.1) is 13.0 Å². The van der Waals surface area contributed by atoms with Crippen molar-refractivity contribution in [1.29, 1.82) is 0 Å². The van der Waals surface area contributed by atoms with Gasteiger partial charge in [-0.1, -0.05) is 12.1 Å². The van der Waals surface area contributed by atoms with E-state index in [4.69, 9.17) is 4.74 Å². The van der Waals surface area contributed by atoms with Gasteiger partial charge in [-0.25, -0.2) is 4.98 Å². The molecule has 1 atom stereocenters. The van der Waals surface area contributed by atoms with Gasteiger partial charge in [-0.05, 0) is 30.5 Å². The maximum absolute atomic E-state index is 12.2. The van der Waals surface area contributed by atoms with Crippen LogP contribution in [0.3, 0.4) is 0 Å². The summed E-state index contributed by atoms with van der Waals surface area (Å²) in [5.41, 5.74) is 2.10. The number of hydrogen-bond donors (Lipinski definition) is 1. The summed E-state index contributed by atoms with van der Waals surface area (Å²) in [6.45, 7) is 5.26. The first-order valence-corrected chi connectivity index (χ1v) is 8.71. The van der Waals surface area contributed by atoms with E-state index < -0.39 is 0 Å². The predicted molar refractivity (Wildman–Crippen MR) is 95.2 cm³/mol. The molecular weight excluding hydrogens is 316 g/mol. The highest BCUT2D eigenvalue weighted by Crippen LogP contribution is 2.15. The molecule has 0 bridgehead atoms. The van der Waals surface area contributed by atoms with Crippen molar-refractivity contribution in [3.63, 3.8) is 0 Å². The van der Waals surface area contributed by atoms with E-state index in [-0.39, 0.29) is 11.9 Å². The van der Waals surface area contributed by atoms with Crippen molar-refractivity contribution < 1.29 is 9.53 Å². The van der Waals surface area contributed by atoms with E-state index in [2.05, 4.69) is 20.2 Å². The molecule has 1 fully saturated rings. The molecule has 1 N–H and O–H groups in total. The molecule has 3 rings (SSSR count). The second-order valence-electron chi connectivity index (χ2n) is 6.26. The van der Waals surface area contributed by atoms with E-state index in [1.54, 1.807) is 12.4 Å². The average Bonchev–Trinajstić information content (AvgIpc) is 3.04. The van der Waals surface area contributed by atoms with Gasteiger partial charge in [-0.3, -0.25) is 14.7 Å². The van der Waals surface area contributed by atoms with Crippen LogP contribution in [0.5, 0.6) is 5.88 Å². The molecule has 6 heteroatoms. The summed E-state index contributed by atoms with van der Waals surface area (Å²) in [6.07, 6.45) is 6.67. The van der Waals surface area contributed by atoms with Gasteiger partial charge < -0.3 is 10.1 Å². The minimum absolute atomic E-state index is 0.0579. The quantitative estimate of drug-likeness (QED) is 0.833. The summed E-state index contributed by atoms with van der Waals surface area (Å²) in [5.74, 6) is 0.718. The van der Waals surface area contributed by atoms with Crippen molar-refractivity contribution in [1.82, 2.24) is 20.2 Å². The highest BCUT2D eigenvalue weighted by molar-refractivity contribution is 5.78. The van der Waals surface area contributed by atoms with Crippen molar-refractivity contribution in [2.24, 2.45) is 0 Å². The molecule has 1 aliphatic heterocycles. The number of amides is 1. The number of carbonyl (C=O) groups excluding carboxylic acids is 1. The summed E-state index contributed by atoms with van der Waals surface area (Å²) in [6, 6.07) is 7.94. The fourth-order valence-corrected chi connectivity index (χ4v) is 3.06. The Hall–Kier alpha value is -2.47. The van der Waals surface area contributed by atoms with Crippen molar-refractivity contribution >= 4 is 5.91 Å². The minimum Gasteiger partial charge on any atom is -0.478 e. The van der Waals surface area contributed by atoms with Crippen LogP contribution in [-0.4, -0.2) is 46.5 Å². The molecular formula is C19H24N4O2. The molecule has 1 aliphatic rings. The summed E-state index contributed by atoms with van der Waals surface area (Å²) in [5, 5.41) is 3.12. The SMILES string of the molecule is CCOc1ccc(CN2CCC(NC(=O)Cc3cccnc3)C2)cn1. The summed E-state index contributed by atoms with van der Waals surface area (Å²) in [4.78, 5) is 22.8. The number of nitrogens with zero attached hydrogens (tertiary/aromatic N) is 3. The van der Waals surface area contributed by atoms with Gasteiger partial charge in [0, 0.05) is 50.3 Å². The first kappa shape index (κ1) is 17.4. The van der Waals surface area contributed by atoms with E-state index in [9.17, 15) is 4.79 Å². The molecule has 25 heavy (non-hydrogen) atoms. The van der Waals surface area contributed by atoms with Crippen LogP contribution in [0.2, 0.25) is 0 Å². The Morgan fingerprint density at radius 1 is 1.32 bits per heavy atom. The molecule has 0 radical (unpaired) electrons. The number of nitrogens with one attached hydrogen (secondary N) is 1. The van der Waals surface area contributed by atoms with Gasteiger partial charge in [-0.2, -0.15) is 0 Å². The molecule has 3 heterocycles. The summed E-state index contributed by atoms with van der Waals surface area (Å²) < 4.78 is 5.36. The summed E-state index contributed by atoms with van der Waals surface area (Å²) >= 11 is 0. The van der Waals surface area contributed by atoms with Gasteiger partial charge in [0.2, 0.25) is 11.8 Å². The molecule has 0 aromatic carbocycles. The third-order valence-electron chi connectivity index (χ3n) is 4.22. The third kappa shape index (κ3) is 5.26. The Morgan fingerprint density at radius 2 is 2.24 bits per heavy atom. The third-order valence-corrected chi connectivity index (χ3v) is 4.22. The zero-order chi connectivity index (χ0) is 17.5. The number of likely N-dealkylation sites (tertiary alicyclic amines) is 1. The van der Waals surface area contributed by atoms with Crippen LogP contribution in [0.4, 0.5) is 0 Å². The average molecular weight is 340 g/mol. The van der Waals surface area contributed by atoms with Crippen LogP contribution in [0.25, 0.3) is 0 Å². The van der Waals surface area contributed by atoms with E-state index in [0.717, 1.165) is 37.2 Å². The molecule has 6 nitrogen and oxygen atoms in total. The van der Waals surface area contributed by atoms with Crippen LogP contribution < -0.4 is 10.1 Å². The van der Waals surface area contributed by atoms with Gasteiger partial charge >= 0.3 is 0 Å². The highest BCUT2D eigenvalue weighted by atomic mass is 16.5. The maximum Gasteiger partial charge on any atom is 0.224 e. The van der Waals surface area contributed by atoms with Crippen molar-refractivity contribution in [3.05, 3.63) is 54.0 Å². The molecule has 1 unspecified atom stereocenters. The lowest BCUT2D eigenvalue weighted by Gasteiger charge is -2.17. The van der Waals surface area contributed by atoms with Crippen LogP contribution >= 0.6 is 0 Å². The van der Waals surface area contributed by atoms with Crippen LogP contribution in [0, 0.1) is 0 Å². The molecule has 2 aromatic heterocycles.